The summed E-state index contributed by atoms with van der Waals surface area (Å²) in [5.74, 6) is -2.75. The van der Waals surface area contributed by atoms with Crippen LogP contribution in [0.3, 0.4) is 0 Å². The fourth-order valence-corrected chi connectivity index (χ4v) is 0.973. The number of phenols is 1. The van der Waals surface area contributed by atoms with Gasteiger partial charge in [0.2, 0.25) is 0 Å². The molecule has 3 N–H and O–H groups in total. The van der Waals surface area contributed by atoms with Gasteiger partial charge in [0.25, 0.3) is 0 Å². The fraction of sp³-hybridized carbons (Fsp3) is 0.273. The molecular weight excluding hydrogens is 260 g/mol. The summed E-state index contributed by atoms with van der Waals surface area (Å²) < 4.78 is 24.7. The number of hydrogen-bond acceptors (Lipinski definition) is 5. The van der Waals surface area contributed by atoms with Crippen molar-refractivity contribution in [1.82, 2.24) is 15.2 Å². The van der Waals surface area contributed by atoms with Crippen molar-refractivity contribution >= 4 is 0 Å². The van der Waals surface area contributed by atoms with Gasteiger partial charge in [-0.1, -0.05) is 4.85 Å². The van der Waals surface area contributed by atoms with E-state index >= 15 is 0 Å². The number of halogens is 2. The molecule has 6 nitrogen and oxygen atoms in total. The van der Waals surface area contributed by atoms with Gasteiger partial charge in [0.1, 0.15) is 0 Å². The molecule has 2 aromatic rings. The minimum atomic E-state index is -0.919. The van der Waals surface area contributed by atoms with Crippen molar-refractivity contribution in [3.05, 3.63) is 41.2 Å². The van der Waals surface area contributed by atoms with Gasteiger partial charge in [-0.15, -0.1) is 5.10 Å². The van der Waals surface area contributed by atoms with Gasteiger partial charge in [0.05, 0.1) is 11.9 Å². The Morgan fingerprint density at radius 2 is 1.58 bits per heavy atom. The highest BCUT2D eigenvalue weighted by atomic mass is 19.1. The van der Waals surface area contributed by atoms with E-state index in [2.05, 4.69) is 10.3 Å². The Bertz CT molecular complexity index is 478. The zero-order chi connectivity index (χ0) is 15.0. The van der Waals surface area contributed by atoms with E-state index in [-0.39, 0.29) is 0 Å². The number of aromatic hydroxyl groups is 1. The normalized spacial score (nSPS) is 8.95. The van der Waals surface area contributed by atoms with Gasteiger partial charge in [-0.25, -0.2) is 8.78 Å². The van der Waals surface area contributed by atoms with E-state index in [1.54, 1.807) is 13.8 Å². The smallest absolute Gasteiger partial charge is 0.187 e. The molecule has 0 radical (unpaired) electrons. The summed E-state index contributed by atoms with van der Waals surface area (Å²) in [5, 5.41) is 30.7. The Labute approximate surface area is 108 Å². The molecule has 0 aliphatic heterocycles. The molecule has 0 aliphatic carbocycles. The van der Waals surface area contributed by atoms with Crippen molar-refractivity contribution in [3.8, 4) is 5.75 Å². The number of nitrogens with zero attached hydrogens (tertiary/aromatic N) is 3. The van der Waals surface area contributed by atoms with Crippen LogP contribution in [0.15, 0.2) is 18.3 Å². The van der Waals surface area contributed by atoms with Crippen LogP contribution in [0, 0.1) is 25.5 Å². The molecule has 0 spiro atoms. The minimum absolute atomic E-state index is 0.452. The van der Waals surface area contributed by atoms with Crippen LogP contribution in [0.25, 0.3) is 0 Å². The average Bonchev–Trinajstić information content (AvgIpc) is 2.74. The first-order valence-electron chi connectivity index (χ1n) is 5.07. The summed E-state index contributed by atoms with van der Waals surface area (Å²) in [7, 11) is 1.00. The molecule has 0 saturated heterocycles. The molecule has 0 saturated carbocycles. The van der Waals surface area contributed by atoms with Crippen LogP contribution >= 0.6 is 0 Å². The van der Waals surface area contributed by atoms with Gasteiger partial charge in [0.15, 0.2) is 17.4 Å². The molecular formula is C11H15F2N3O3. The Hall–Kier alpha value is -2.22. The Balaban J connectivity index is 0.000000316. The maximum atomic E-state index is 12.4. The van der Waals surface area contributed by atoms with Gasteiger partial charge < -0.3 is 15.4 Å². The summed E-state index contributed by atoms with van der Waals surface area (Å²) in [5.41, 5.74) is 1.09. The minimum Gasteiger partial charge on any atom is -0.503 e. The lowest BCUT2D eigenvalue weighted by Gasteiger charge is -1.97. The van der Waals surface area contributed by atoms with Gasteiger partial charge >= 0.3 is 0 Å². The van der Waals surface area contributed by atoms with E-state index < -0.39 is 17.4 Å². The third-order valence-corrected chi connectivity index (χ3v) is 1.86. The first-order valence-corrected chi connectivity index (χ1v) is 5.07. The van der Waals surface area contributed by atoms with Crippen molar-refractivity contribution in [2.24, 2.45) is 0 Å². The number of aryl methyl sites for hydroxylation is 2. The number of phenolic OH excluding ortho intramolecular Hbond substituents is 1. The van der Waals surface area contributed by atoms with E-state index in [0.717, 1.165) is 24.1 Å². The van der Waals surface area contributed by atoms with Gasteiger partial charge in [-0.3, -0.25) is 0 Å². The molecule has 0 unspecified atom stereocenters. The largest absolute Gasteiger partial charge is 0.503 e. The molecule has 0 fully saturated rings. The quantitative estimate of drug-likeness (QED) is 0.632. The van der Waals surface area contributed by atoms with Gasteiger partial charge in [-0.2, -0.15) is 0 Å². The lowest BCUT2D eigenvalue weighted by molar-refractivity contribution is 0.137. The highest BCUT2D eigenvalue weighted by Gasteiger charge is 2.06. The van der Waals surface area contributed by atoms with E-state index in [0.29, 0.717) is 11.3 Å². The molecule has 106 valence electrons. The fourth-order valence-electron chi connectivity index (χ4n) is 0.973. The number of aromatic nitrogens is 3. The van der Waals surface area contributed by atoms with E-state index in [4.69, 9.17) is 15.4 Å². The SMILES string of the molecule is CO.Cc1cc(F)c(O)c(F)c1.Cc1cnnn1O. The van der Waals surface area contributed by atoms with Crippen LogP contribution in [0.5, 0.6) is 5.75 Å². The number of hydrogen-bond donors (Lipinski definition) is 3. The van der Waals surface area contributed by atoms with Crippen LogP contribution in [-0.4, -0.2) is 37.7 Å². The highest BCUT2D eigenvalue weighted by molar-refractivity contribution is 5.28. The van der Waals surface area contributed by atoms with Crippen LogP contribution in [0.2, 0.25) is 0 Å². The van der Waals surface area contributed by atoms with Crippen LogP contribution in [0.4, 0.5) is 8.78 Å². The van der Waals surface area contributed by atoms with Gasteiger partial charge in [0, 0.05) is 7.11 Å². The third kappa shape index (κ3) is 5.30. The number of benzene rings is 1. The predicted octanol–water partition coefficient (Wildman–Crippen LogP) is 1.41. The van der Waals surface area contributed by atoms with E-state index in [1.165, 1.54) is 6.20 Å². The first kappa shape index (κ1) is 16.8. The van der Waals surface area contributed by atoms with Crippen molar-refractivity contribution in [2.75, 3.05) is 7.11 Å². The first-order chi connectivity index (χ1) is 8.91. The molecule has 1 aromatic carbocycles. The predicted molar refractivity (Wildman–Crippen MR) is 62.8 cm³/mol. The molecule has 19 heavy (non-hydrogen) atoms. The van der Waals surface area contributed by atoms with Crippen molar-refractivity contribution in [2.45, 2.75) is 13.8 Å². The lowest BCUT2D eigenvalue weighted by atomic mass is 10.2. The Morgan fingerprint density at radius 3 is 1.84 bits per heavy atom. The van der Waals surface area contributed by atoms with Crippen LogP contribution in [0.1, 0.15) is 11.3 Å². The van der Waals surface area contributed by atoms with Crippen molar-refractivity contribution in [1.29, 1.82) is 0 Å². The topological polar surface area (TPSA) is 91.4 Å². The maximum Gasteiger partial charge on any atom is 0.187 e. The molecule has 0 atom stereocenters. The maximum absolute atomic E-state index is 12.4. The van der Waals surface area contributed by atoms with Gasteiger partial charge in [-0.05, 0) is 36.8 Å². The van der Waals surface area contributed by atoms with E-state index in [9.17, 15) is 8.78 Å². The summed E-state index contributed by atoms with van der Waals surface area (Å²) in [6, 6.07) is 2.14. The molecule has 0 amide bonds. The van der Waals surface area contributed by atoms with Crippen molar-refractivity contribution < 1.29 is 24.2 Å². The molecule has 0 bridgehead atoms. The van der Waals surface area contributed by atoms with Crippen molar-refractivity contribution in [3.63, 3.8) is 0 Å². The second kappa shape index (κ2) is 7.98. The third-order valence-electron chi connectivity index (χ3n) is 1.86. The zero-order valence-corrected chi connectivity index (χ0v) is 10.7. The molecule has 1 heterocycles. The second-order valence-electron chi connectivity index (χ2n) is 3.34. The summed E-state index contributed by atoms with van der Waals surface area (Å²) in [6.07, 6.45) is 1.47. The molecule has 8 heteroatoms. The highest BCUT2D eigenvalue weighted by Crippen LogP contribution is 2.20. The Kier molecular flexibility index (Phi) is 7.05. The molecule has 1 aromatic heterocycles. The zero-order valence-electron chi connectivity index (χ0n) is 10.7. The summed E-state index contributed by atoms with van der Waals surface area (Å²) >= 11 is 0. The molecule has 0 aliphatic rings. The number of aliphatic hydroxyl groups excluding tert-OH is 1. The average molecular weight is 275 g/mol. The Morgan fingerprint density at radius 1 is 1.11 bits per heavy atom. The van der Waals surface area contributed by atoms with Crippen LogP contribution < -0.4 is 0 Å². The number of rotatable bonds is 0. The second-order valence-corrected chi connectivity index (χ2v) is 3.34. The summed E-state index contributed by atoms with van der Waals surface area (Å²) in [4.78, 5) is 0.722. The lowest BCUT2D eigenvalue weighted by Crippen LogP contribution is -1.93. The standard InChI is InChI=1S/C7H6F2O.C3H5N3O.CH4O/c1-4-2-5(8)7(10)6(9)3-4;1-3-2-4-5-6(3)7;1-2/h2-3,10H,1H3;2,7H,1H3;2H,1H3. The van der Waals surface area contributed by atoms with E-state index in [1.807, 2.05) is 0 Å². The molecule has 2 rings (SSSR count). The van der Waals surface area contributed by atoms with Crippen LogP contribution in [-0.2, 0) is 0 Å². The number of aliphatic hydroxyl groups is 1. The monoisotopic (exact) mass is 275 g/mol. The summed E-state index contributed by atoms with van der Waals surface area (Å²) in [6.45, 7) is 3.26.